The summed E-state index contributed by atoms with van der Waals surface area (Å²) in [6, 6.07) is 7.58. The van der Waals surface area contributed by atoms with Crippen LogP contribution in [-0.4, -0.2) is 35.4 Å². The summed E-state index contributed by atoms with van der Waals surface area (Å²) < 4.78 is 0. The third-order valence-corrected chi connectivity index (χ3v) is 3.94. The number of hydrogen-bond donors (Lipinski definition) is 2. The van der Waals surface area contributed by atoms with Crippen molar-refractivity contribution in [1.82, 2.24) is 9.88 Å². The van der Waals surface area contributed by atoms with E-state index in [-0.39, 0.29) is 5.91 Å². The maximum absolute atomic E-state index is 12.2. The zero-order valence-electron chi connectivity index (χ0n) is 12.0. The minimum atomic E-state index is 0.156. The van der Waals surface area contributed by atoms with Gasteiger partial charge in [-0.2, -0.15) is 0 Å². The third kappa shape index (κ3) is 2.91. The first-order valence-corrected chi connectivity index (χ1v) is 7.40. The number of anilines is 2. The number of amides is 1. The number of carbonyl (C=O) groups excluding carboxylic acids is 1. The maximum Gasteiger partial charge on any atom is 0.241 e. The molecule has 2 heterocycles. The van der Waals surface area contributed by atoms with E-state index in [0.29, 0.717) is 12.2 Å². The van der Waals surface area contributed by atoms with Crippen LogP contribution in [0.25, 0.3) is 10.9 Å². The molecule has 1 aliphatic rings. The Balaban J connectivity index is 1.73. The first kappa shape index (κ1) is 13.7. The van der Waals surface area contributed by atoms with Gasteiger partial charge in [0.05, 0.1) is 17.7 Å². The van der Waals surface area contributed by atoms with Crippen LogP contribution in [0.5, 0.6) is 0 Å². The van der Waals surface area contributed by atoms with Crippen molar-refractivity contribution in [3.8, 4) is 0 Å². The Morgan fingerprint density at radius 1 is 1.24 bits per heavy atom. The van der Waals surface area contributed by atoms with Gasteiger partial charge in [-0.05, 0) is 31.4 Å². The van der Waals surface area contributed by atoms with Crippen molar-refractivity contribution >= 4 is 28.2 Å². The van der Waals surface area contributed by atoms with Crippen molar-refractivity contribution in [1.29, 1.82) is 0 Å². The van der Waals surface area contributed by atoms with Gasteiger partial charge in [0.1, 0.15) is 0 Å². The van der Waals surface area contributed by atoms with E-state index in [1.54, 1.807) is 6.20 Å². The van der Waals surface area contributed by atoms with Crippen LogP contribution in [0, 0.1) is 0 Å². The quantitative estimate of drug-likeness (QED) is 0.848. The molecular weight excluding hydrogens is 264 g/mol. The van der Waals surface area contributed by atoms with Crippen LogP contribution in [0.15, 0.2) is 30.5 Å². The fraction of sp³-hybridized carbons (Fsp3) is 0.375. The zero-order valence-corrected chi connectivity index (χ0v) is 12.0. The average molecular weight is 284 g/mol. The Morgan fingerprint density at radius 3 is 2.86 bits per heavy atom. The van der Waals surface area contributed by atoms with Gasteiger partial charge in [-0.25, -0.2) is 0 Å². The Morgan fingerprint density at radius 2 is 2.05 bits per heavy atom. The summed E-state index contributed by atoms with van der Waals surface area (Å²) in [4.78, 5) is 18.4. The van der Waals surface area contributed by atoms with Gasteiger partial charge in [0, 0.05) is 30.4 Å². The van der Waals surface area contributed by atoms with Crippen LogP contribution < -0.4 is 11.1 Å². The second-order valence-corrected chi connectivity index (χ2v) is 5.40. The Bertz CT molecular complexity index is 650. The SMILES string of the molecule is Nc1cccc2c(NCC(=O)N3CCCCC3)ccnc12. The van der Waals surface area contributed by atoms with E-state index in [4.69, 9.17) is 5.73 Å². The summed E-state index contributed by atoms with van der Waals surface area (Å²) in [7, 11) is 0. The fourth-order valence-electron chi connectivity index (χ4n) is 2.78. The average Bonchev–Trinajstić information content (AvgIpc) is 2.54. The molecule has 5 heteroatoms. The molecular formula is C16H20N4O. The molecule has 1 aliphatic heterocycles. The maximum atomic E-state index is 12.2. The molecule has 5 nitrogen and oxygen atoms in total. The normalized spacial score (nSPS) is 15.1. The number of fused-ring (bicyclic) bond motifs is 1. The number of likely N-dealkylation sites (tertiary alicyclic amines) is 1. The molecule has 1 aromatic carbocycles. The van der Waals surface area contributed by atoms with E-state index < -0.39 is 0 Å². The highest BCUT2D eigenvalue weighted by Crippen LogP contribution is 2.25. The number of carbonyl (C=O) groups is 1. The molecule has 110 valence electrons. The Hall–Kier alpha value is -2.30. The molecule has 2 aromatic rings. The lowest BCUT2D eigenvalue weighted by Gasteiger charge is -2.27. The highest BCUT2D eigenvalue weighted by atomic mass is 16.2. The van der Waals surface area contributed by atoms with E-state index in [0.717, 1.165) is 42.5 Å². The van der Waals surface area contributed by atoms with Gasteiger partial charge in [-0.15, -0.1) is 0 Å². The van der Waals surface area contributed by atoms with Gasteiger partial charge in [0.25, 0.3) is 0 Å². The molecule has 0 spiro atoms. The first-order chi connectivity index (χ1) is 10.3. The highest BCUT2D eigenvalue weighted by molar-refractivity contribution is 5.98. The fourth-order valence-corrected chi connectivity index (χ4v) is 2.78. The number of para-hydroxylation sites is 1. The van der Waals surface area contributed by atoms with Gasteiger partial charge < -0.3 is 16.0 Å². The van der Waals surface area contributed by atoms with Crippen molar-refractivity contribution in [2.75, 3.05) is 30.7 Å². The largest absolute Gasteiger partial charge is 0.397 e. The monoisotopic (exact) mass is 284 g/mol. The lowest BCUT2D eigenvalue weighted by Crippen LogP contribution is -2.39. The highest BCUT2D eigenvalue weighted by Gasteiger charge is 2.16. The van der Waals surface area contributed by atoms with Gasteiger partial charge >= 0.3 is 0 Å². The van der Waals surface area contributed by atoms with E-state index in [1.165, 1.54) is 6.42 Å². The number of hydrogen-bond acceptors (Lipinski definition) is 4. The number of piperidine rings is 1. The molecule has 0 atom stereocenters. The molecule has 1 amide bonds. The van der Waals surface area contributed by atoms with Crippen molar-refractivity contribution in [2.24, 2.45) is 0 Å². The number of pyridine rings is 1. The van der Waals surface area contributed by atoms with Crippen LogP contribution >= 0.6 is 0 Å². The zero-order chi connectivity index (χ0) is 14.7. The van der Waals surface area contributed by atoms with E-state index in [1.807, 2.05) is 29.2 Å². The number of nitrogens with one attached hydrogen (secondary N) is 1. The number of nitrogens with zero attached hydrogens (tertiary/aromatic N) is 2. The predicted octanol–water partition coefficient (Wildman–Crippen LogP) is 2.24. The second kappa shape index (κ2) is 5.99. The number of nitrogen functional groups attached to an aromatic ring is 1. The number of benzene rings is 1. The molecule has 0 bridgehead atoms. The molecule has 0 aliphatic carbocycles. The van der Waals surface area contributed by atoms with Crippen molar-refractivity contribution in [2.45, 2.75) is 19.3 Å². The van der Waals surface area contributed by atoms with E-state index in [9.17, 15) is 4.79 Å². The second-order valence-electron chi connectivity index (χ2n) is 5.40. The molecule has 0 unspecified atom stereocenters. The molecule has 1 saturated heterocycles. The summed E-state index contributed by atoms with van der Waals surface area (Å²) in [5, 5.41) is 4.17. The number of nitrogens with two attached hydrogens (primary N) is 1. The minimum absolute atomic E-state index is 0.156. The van der Waals surface area contributed by atoms with Crippen molar-refractivity contribution in [3.05, 3.63) is 30.5 Å². The summed E-state index contributed by atoms with van der Waals surface area (Å²) in [5.41, 5.74) is 8.26. The summed E-state index contributed by atoms with van der Waals surface area (Å²) in [6.07, 6.45) is 5.17. The van der Waals surface area contributed by atoms with E-state index >= 15 is 0 Å². The summed E-state index contributed by atoms with van der Waals surface area (Å²) in [6.45, 7) is 2.07. The third-order valence-electron chi connectivity index (χ3n) is 3.94. The molecule has 1 fully saturated rings. The van der Waals surface area contributed by atoms with E-state index in [2.05, 4.69) is 10.3 Å². The topological polar surface area (TPSA) is 71.2 Å². The first-order valence-electron chi connectivity index (χ1n) is 7.40. The van der Waals surface area contributed by atoms with Crippen molar-refractivity contribution in [3.63, 3.8) is 0 Å². The van der Waals surface area contributed by atoms with Crippen molar-refractivity contribution < 1.29 is 4.79 Å². The summed E-state index contributed by atoms with van der Waals surface area (Å²) >= 11 is 0. The minimum Gasteiger partial charge on any atom is -0.397 e. The molecule has 21 heavy (non-hydrogen) atoms. The predicted molar refractivity (Wildman–Crippen MR) is 85.1 cm³/mol. The lowest BCUT2D eigenvalue weighted by atomic mass is 10.1. The smallest absolute Gasteiger partial charge is 0.241 e. The molecule has 0 saturated carbocycles. The molecule has 3 rings (SSSR count). The molecule has 3 N–H and O–H groups in total. The Kier molecular flexibility index (Phi) is 3.90. The lowest BCUT2D eigenvalue weighted by molar-refractivity contribution is -0.130. The molecule has 1 aromatic heterocycles. The van der Waals surface area contributed by atoms with Crippen LogP contribution in [0.4, 0.5) is 11.4 Å². The van der Waals surface area contributed by atoms with Gasteiger partial charge in [-0.1, -0.05) is 12.1 Å². The number of aromatic nitrogens is 1. The Labute approximate surface area is 124 Å². The summed E-state index contributed by atoms with van der Waals surface area (Å²) in [5.74, 6) is 0.156. The van der Waals surface area contributed by atoms with Crippen LogP contribution in [-0.2, 0) is 4.79 Å². The number of rotatable bonds is 3. The van der Waals surface area contributed by atoms with Crippen LogP contribution in [0.1, 0.15) is 19.3 Å². The van der Waals surface area contributed by atoms with Crippen LogP contribution in [0.3, 0.4) is 0 Å². The van der Waals surface area contributed by atoms with Gasteiger partial charge in [-0.3, -0.25) is 9.78 Å². The van der Waals surface area contributed by atoms with Crippen LogP contribution in [0.2, 0.25) is 0 Å². The van der Waals surface area contributed by atoms with Gasteiger partial charge in [0.2, 0.25) is 5.91 Å². The standard InChI is InChI=1S/C16H20N4O/c17-13-6-4-5-12-14(7-8-18-16(12)13)19-11-15(21)20-9-2-1-3-10-20/h4-8H,1-3,9-11,17H2,(H,18,19). The molecule has 0 radical (unpaired) electrons. The van der Waals surface area contributed by atoms with Gasteiger partial charge in [0.15, 0.2) is 0 Å².